The third-order valence-corrected chi connectivity index (χ3v) is 7.48. The van der Waals surface area contributed by atoms with Gasteiger partial charge >= 0.3 is 0 Å². The highest BCUT2D eigenvalue weighted by molar-refractivity contribution is 6.30. The number of carbonyl (C=O) groups is 1. The van der Waals surface area contributed by atoms with E-state index in [0.717, 1.165) is 47.5 Å². The van der Waals surface area contributed by atoms with Gasteiger partial charge in [-0.2, -0.15) is 0 Å². The number of carbonyl (C=O) groups excluding carboxylic acids is 1. The fraction of sp³-hybridized carbons (Fsp3) is 0.379. The van der Waals surface area contributed by atoms with E-state index in [2.05, 4.69) is 4.90 Å². The van der Waals surface area contributed by atoms with Crippen LogP contribution in [-0.2, 0) is 10.2 Å². The van der Waals surface area contributed by atoms with Gasteiger partial charge in [0.2, 0.25) is 5.91 Å². The van der Waals surface area contributed by atoms with Gasteiger partial charge < -0.3 is 19.6 Å². The Balaban J connectivity index is 1.80. The van der Waals surface area contributed by atoms with Crippen LogP contribution in [0.2, 0.25) is 5.02 Å². The number of methoxy groups -OCH3 is 1. The number of ether oxygens (including phenoxy) is 1. The van der Waals surface area contributed by atoms with Gasteiger partial charge in [-0.25, -0.2) is 9.37 Å². The number of aliphatic hydroxyl groups is 1. The summed E-state index contributed by atoms with van der Waals surface area (Å²) < 4.78 is 19.3. The second kappa shape index (κ2) is 10.7. The predicted octanol–water partition coefficient (Wildman–Crippen LogP) is 5.76. The lowest BCUT2D eigenvalue weighted by atomic mass is 9.83. The molecule has 1 saturated heterocycles. The summed E-state index contributed by atoms with van der Waals surface area (Å²) in [4.78, 5) is 22.3. The van der Waals surface area contributed by atoms with E-state index < -0.39 is 5.41 Å². The summed E-state index contributed by atoms with van der Waals surface area (Å²) in [5.74, 6) is 0.807. The molecule has 2 heterocycles. The summed E-state index contributed by atoms with van der Waals surface area (Å²) >= 11 is 6.31. The van der Waals surface area contributed by atoms with Crippen molar-refractivity contribution in [3.63, 3.8) is 0 Å². The molecule has 8 heteroatoms. The van der Waals surface area contributed by atoms with Gasteiger partial charge in [0.1, 0.15) is 17.4 Å². The van der Waals surface area contributed by atoms with Gasteiger partial charge in [-0.15, -0.1) is 0 Å². The first kappa shape index (κ1) is 26.9. The Kier molecular flexibility index (Phi) is 7.76. The second-order valence-corrected chi connectivity index (χ2v) is 10.5. The number of halogens is 2. The van der Waals surface area contributed by atoms with E-state index >= 15 is 0 Å². The van der Waals surface area contributed by atoms with Gasteiger partial charge in [-0.05, 0) is 86.7 Å². The van der Waals surface area contributed by atoms with Crippen molar-refractivity contribution in [3.8, 4) is 16.9 Å². The molecule has 4 rings (SSSR count). The number of rotatable bonds is 7. The molecule has 0 saturated carbocycles. The number of benzene rings is 2. The number of likely N-dealkylation sites (N-methyl/N-ethyl adjacent to an activating group) is 1. The first-order valence-electron chi connectivity index (χ1n) is 12.3. The minimum atomic E-state index is -0.933. The van der Waals surface area contributed by atoms with Crippen LogP contribution < -0.4 is 14.5 Å². The van der Waals surface area contributed by atoms with Crippen molar-refractivity contribution in [1.29, 1.82) is 0 Å². The van der Waals surface area contributed by atoms with Crippen molar-refractivity contribution in [2.45, 2.75) is 45.1 Å². The molecule has 6 nitrogen and oxygen atoms in total. The van der Waals surface area contributed by atoms with Gasteiger partial charge in [0.15, 0.2) is 0 Å². The summed E-state index contributed by atoms with van der Waals surface area (Å²) in [7, 11) is 3.28. The van der Waals surface area contributed by atoms with E-state index in [9.17, 15) is 14.3 Å². The van der Waals surface area contributed by atoms with Gasteiger partial charge in [-0.3, -0.25) is 4.79 Å². The van der Waals surface area contributed by atoms with Crippen LogP contribution in [-0.4, -0.2) is 49.3 Å². The molecule has 1 atom stereocenters. The van der Waals surface area contributed by atoms with Gasteiger partial charge in [0.25, 0.3) is 0 Å². The molecule has 2 aromatic carbocycles. The SMILES string of the molecule is COc1cc(Cl)cc(C(C)(C)C(=O)N(C)c2cnc(N3CCCC3CO)cc2-c2ccc(F)cc2C)c1. The van der Waals surface area contributed by atoms with Gasteiger partial charge in [-0.1, -0.05) is 17.7 Å². The third-order valence-electron chi connectivity index (χ3n) is 7.26. The highest BCUT2D eigenvalue weighted by Crippen LogP contribution is 2.39. The predicted molar refractivity (Wildman–Crippen MR) is 146 cm³/mol. The smallest absolute Gasteiger partial charge is 0.236 e. The highest BCUT2D eigenvalue weighted by Gasteiger charge is 2.35. The standard InChI is InChI=1S/C29H33ClFN3O3/c1-18-11-21(31)8-9-24(18)25-15-27(34-10-6-7-22(34)17-35)32-16-26(25)33(4)28(36)29(2,3)19-12-20(30)14-23(13-19)37-5/h8-9,11-16,22,35H,6-7,10,17H2,1-5H3. The Hall–Kier alpha value is -3.16. The zero-order valence-corrected chi connectivity index (χ0v) is 22.6. The van der Waals surface area contributed by atoms with Crippen LogP contribution >= 0.6 is 11.6 Å². The van der Waals surface area contributed by atoms with E-state index in [1.807, 2.05) is 32.9 Å². The average molecular weight is 526 g/mol. The van der Waals surface area contributed by atoms with Crippen molar-refractivity contribution < 1.29 is 19.0 Å². The molecule has 3 aromatic rings. The van der Waals surface area contributed by atoms with E-state index in [1.165, 1.54) is 12.1 Å². The third kappa shape index (κ3) is 5.29. The molecule has 1 unspecified atom stereocenters. The summed E-state index contributed by atoms with van der Waals surface area (Å²) in [6.07, 6.45) is 3.54. The average Bonchev–Trinajstić information content (AvgIpc) is 3.36. The zero-order valence-electron chi connectivity index (χ0n) is 21.9. The van der Waals surface area contributed by atoms with Crippen LogP contribution in [0.4, 0.5) is 15.9 Å². The van der Waals surface area contributed by atoms with Crippen molar-refractivity contribution in [2.75, 3.05) is 37.1 Å². The second-order valence-electron chi connectivity index (χ2n) is 10.1. The maximum absolute atomic E-state index is 14.0. The lowest BCUT2D eigenvalue weighted by Gasteiger charge is -2.32. The summed E-state index contributed by atoms with van der Waals surface area (Å²) in [5, 5.41) is 10.3. The van der Waals surface area contributed by atoms with Crippen molar-refractivity contribution in [2.24, 2.45) is 0 Å². The maximum atomic E-state index is 14.0. The van der Waals surface area contributed by atoms with Crippen LogP contribution in [0, 0.1) is 12.7 Å². The van der Waals surface area contributed by atoms with E-state index in [0.29, 0.717) is 16.5 Å². The largest absolute Gasteiger partial charge is 0.497 e. The number of aryl methyl sites for hydroxylation is 1. The monoisotopic (exact) mass is 525 g/mol. The number of aromatic nitrogens is 1. The zero-order chi connectivity index (χ0) is 26.9. The molecule has 1 fully saturated rings. The normalized spacial score (nSPS) is 15.7. The van der Waals surface area contributed by atoms with Crippen molar-refractivity contribution in [1.82, 2.24) is 4.98 Å². The van der Waals surface area contributed by atoms with Crippen LogP contribution in [0.3, 0.4) is 0 Å². The summed E-state index contributed by atoms with van der Waals surface area (Å²) in [5.41, 5.74) is 2.71. The van der Waals surface area contributed by atoms with Crippen LogP contribution in [0.15, 0.2) is 48.7 Å². The molecule has 1 amide bonds. The minimum absolute atomic E-state index is 0.00313. The lowest BCUT2D eigenvalue weighted by molar-refractivity contribution is -0.122. The molecular formula is C29H33ClFN3O3. The number of pyridine rings is 1. The van der Waals surface area contributed by atoms with Gasteiger partial charge in [0.05, 0.1) is 37.1 Å². The molecule has 1 aliphatic rings. The molecule has 196 valence electrons. The molecule has 0 spiro atoms. The van der Waals surface area contributed by atoms with E-state index in [-0.39, 0.29) is 24.4 Å². The number of hydrogen-bond acceptors (Lipinski definition) is 5. The highest BCUT2D eigenvalue weighted by atomic mass is 35.5. The molecule has 0 radical (unpaired) electrons. The Labute approximate surface area is 222 Å². The van der Waals surface area contributed by atoms with E-state index in [1.54, 1.807) is 43.5 Å². The molecule has 0 aliphatic carbocycles. The fourth-order valence-corrected chi connectivity index (χ4v) is 5.25. The first-order chi connectivity index (χ1) is 17.6. The van der Waals surface area contributed by atoms with Crippen LogP contribution in [0.1, 0.15) is 37.8 Å². The number of amides is 1. The summed E-state index contributed by atoms with van der Waals surface area (Å²) in [6, 6.07) is 11.8. The van der Waals surface area contributed by atoms with Crippen LogP contribution in [0.25, 0.3) is 11.1 Å². The van der Waals surface area contributed by atoms with Crippen molar-refractivity contribution in [3.05, 3.63) is 70.6 Å². The van der Waals surface area contributed by atoms with E-state index in [4.69, 9.17) is 21.3 Å². The minimum Gasteiger partial charge on any atom is -0.497 e. The Morgan fingerprint density at radius 2 is 2.00 bits per heavy atom. The molecular weight excluding hydrogens is 493 g/mol. The number of aliphatic hydroxyl groups excluding tert-OH is 1. The molecule has 1 N–H and O–H groups in total. The Morgan fingerprint density at radius 1 is 1.24 bits per heavy atom. The topological polar surface area (TPSA) is 65.9 Å². The lowest BCUT2D eigenvalue weighted by Crippen LogP contribution is -2.42. The Bertz CT molecular complexity index is 1310. The van der Waals surface area contributed by atoms with Crippen LogP contribution in [0.5, 0.6) is 5.75 Å². The number of hydrogen-bond donors (Lipinski definition) is 1. The summed E-state index contributed by atoms with van der Waals surface area (Å²) in [6.45, 7) is 6.37. The van der Waals surface area contributed by atoms with Crippen molar-refractivity contribution >= 4 is 29.0 Å². The molecule has 1 aromatic heterocycles. The molecule has 37 heavy (non-hydrogen) atoms. The molecule has 0 bridgehead atoms. The number of anilines is 2. The number of nitrogens with zero attached hydrogens (tertiary/aromatic N) is 3. The maximum Gasteiger partial charge on any atom is 0.236 e. The quantitative estimate of drug-likeness (QED) is 0.425. The fourth-order valence-electron chi connectivity index (χ4n) is 5.03. The Morgan fingerprint density at radius 3 is 2.68 bits per heavy atom. The first-order valence-corrected chi connectivity index (χ1v) is 12.7. The van der Waals surface area contributed by atoms with Gasteiger partial charge in [0, 0.05) is 24.2 Å². The molecule has 1 aliphatic heterocycles.